The molecule has 1 rings (SSSR count). The third-order valence-electron chi connectivity index (χ3n) is 1.44. The molecule has 0 aliphatic carbocycles. The van der Waals surface area contributed by atoms with Crippen LogP contribution in [0.1, 0.15) is 12.5 Å². The number of rotatable bonds is 2. The summed E-state index contributed by atoms with van der Waals surface area (Å²) in [5.74, 6) is 0. The standard InChI is InChI=1S/C10H11ClO/c1-8(12)7-10(11)9-5-3-2-4-6-9/h2-8,12H,1H3/b10-7-. The predicted molar refractivity (Wildman–Crippen MR) is 52.0 cm³/mol. The summed E-state index contributed by atoms with van der Waals surface area (Å²) in [6, 6.07) is 9.56. The minimum absolute atomic E-state index is 0.502. The maximum absolute atomic E-state index is 9.02. The Morgan fingerprint density at radius 3 is 2.50 bits per heavy atom. The fraction of sp³-hybridized carbons (Fsp3) is 0.200. The van der Waals surface area contributed by atoms with Gasteiger partial charge in [-0.25, -0.2) is 0 Å². The van der Waals surface area contributed by atoms with E-state index in [1.807, 2.05) is 30.3 Å². The molecule has 0 amide bonds. The molecule has 0 bridgehead atoms. The van der Waals surface area contributed by atoms with Gasteiger partial charge in [0.15, 0.2) is 0 Å². The number of benzene rings is 1. The van der Waals surface area contributed by atoms with Crippen molar-refractivity contribution in [2.24, 2.45) is 0 Å². The van der Waals surface area contributed by atoms with Crippen molar-refractivity contribution in [2.75, 3.05) is 0 Å². The molecule has 1 aromatic carbocycles. The van der Waals surface area contributed by atoms with Gasteiger partial charge < -0.3 is 5.11 Å². The van der Waals surface area contributed by atoms with Crippen LogP contribution in [0.5, 0.6) is 0 Å². The van der Waals surface area contributed by atoms with Crippen molar-refractivity contribution in [3.05, 3.63) is 42.0 Å². The van der Waals surface area contributed by atoms with Crippen molar-refractivity contribution in [2.45, 2.75) is 13.0 Å². The van der Waals surface area contributed by atoms with Crippen LogP contribution in [0.15, 0.2) is 36.4 Å². The van der Waals surface area contributed by atoms with Gasteiger partial charge in [0.05, 0.1) is 6.10 Å². The zero-order valence-corrected chi connectivity index (χ0v) is 7.62. The Balaban J connectivity index is 2.85. The number of aliphatic hydroxyl groups excluding tert-OH is 1. The van der Waals surface area contributed by atoms with Gasteiger partial charge in [-0.3, -0.25) is 0 Å². The zero-order chi connectivity index (χ0) is 8.97. The lowest BCUT2D eigenvalue weighted by Gasteiger charge is -2.00. The molecule has 0 aliphatic rings. The zero-order valence-electron chi connectivity index (χ0n) is 6.87. The van der Waals surface area contributed by atoms with Gasteiger partial charge in [0.2, 0.25) is 0 Å². The molecule has 64 valence electrons. The van der Waals surface area contributed by atoms with E-state index in [4.69, 9.17) is 16.7 Å². The van der Waals surface area contributed by atoms with Crippen LogP contribution >= 0.6 is 11.6 Å². The summed E-state index contributed by atoms with van der Waals surface area (Å²) in [4.78, 5) is 0. The molecule has 1 unspecified atom stereocenters. The van der Waals surface area contributed by atoms with Gasteiger partial charge >= 0.3 is 0 Å². The maximum atomic E-state index is 9.02. The lowest BCUT2D eigenvalue weighted by atomic mass is 10.2. The highest BCUT2D eigenvalue weighted by molar-refractivity contribution is 6.48. The van der Waals surface area contributed by atoms with E-state index in [2.05, 4.69) is 0 Å². The van der Waals surface area contributed by atoms with Crippen molar-refractivity contribution >= 4 is 16.6 Å². The largest absolute Gasteiger partial charge is 0.389 e. The molecule has 1 aromatic rings. The van der Waals surface area contributed by atoms with Gasteiger partial charge in [-0.2, -0.15) is 0 Å². The van der Waals surface area contributed by atoms with Gasteiger partial charge in [0.1, 0.15) is 0 Å². The molecule has 0 heterocycles. The highest BCUT2D eigenvalue weighted by Gasteiger charge is 1.97. The fourth-order valence-corrected chi connectivity index (χ4v) is 1.21. The summed E-state index contributed by atoms with van der Waals surface area (Å²) < 4.78 is 0. The quantitative estimate of drug-likeness (QED) is 0.746. The summed E-state index contributed by atoms with van der Waals surface area (Å²) in [5, 5.41) is 9.61. The summed E-state index contributed by atoms with van der Waals surface area (Å²) in [7, 11) is 0. The van der Waals surface area contributed by atoms with Crippen LogP contribution in [0.4, 0.5) is 0 Å². The molecular formula is C10H11ClO. The first kappa shape index (κ1) is 9.30. The van der Waals surface area contributed by atoms with E-state index < -0.39 is 6.10 Å². The molecule has 0 radical (unpaired) electrons. The van der Waals surface area contributed by atoms with Gasteiger partial charge in [-0.05, 0) is 18.6 Å². The van der Waals surface area contributed by atoms with Gasteiger partial charge in [0.25, 0.3) is 0 Å². The van der Waals surface area contributed by atoms with Crippen LogP contribution in [0.2, 0.25) is 0 Å². The highest BCUT2D eigenvalue weighted by Crippen LogP contribution is 2.18. The van der Waals surface area contributed by atoms with Gasteiger partial charge in [0, 0.05) is 5.03 Å². The van der Waals surface area contributed by atoms with E-state index in [1.165, 1.54) is 0 Å². The molecule has 0 aromatic heterocycles. The third-order valence-corrected chi connectivity index (χ3v) is 1.78. The second-order valence-electron chi connectivity index (χ2n) is 2.62. The van der Waals surface area contributed by atoms with E-state index in [9.17, 15) is 0 Å². The van der Waals surface area contributed by atoms with Crippen LogP contribution in [-0.4, -0.2) is 11.2 Å². The molecule has 1 atom stereocenters. The second kappa shape index (κ2) is 4.29. The smallest absolute Gasteiger partial charge is 0.0710 e. The summed E-state index contributed by atoms with van der Waals surface area (Å²) in [6.07, 6.45) is 1.11. The summed E-state index contributed by atoms with van der Waals surface area (Å²) in [6.45, 7) is 1.67. The monoisotopic (exact) mass is 182 g/mol. The number of hydrogen-bond acceptors (Lipinski definition) is 1. The first-order valence-electron chi connectivity index (χ1n) is 3.81. The van der Waals surface area contributed by atoms with E-state index in [-0.39, 0.29) is 0 Å². The average molecular weight is 183 g/mol. The molecule has 0 saturated heterocycles. The average Bonchev–Trinajstić information content (AvgIpc) is 2.05. The molecular weight excluding hydrogens is 172 g/mol. The van der Waals surface area contributed by atoms with Crippen LogP contribution in [0.3, 0.4) is 0 Å². The Morgan fingerprint density at radius 1 is 1.42 bits per heavy atom. The normalized spacial score (nSPS) is 14.4. The first-order valence-corrected chi connectivity index (χ1v) is 4.19. The second-order valence-corrected chi connectivity index (χ2v) is 3.03. The molecule has 0 aliphatic heterocycles. The van der Waals surface area contributed by atoms with Crippen LogP contribution in [0.25, 0.3) is 5.03 Å². The Bertz CT molecular complexity index is 264. The molecule has 2 heteroatoms. The van der Waals surface area contributed by atoms with Crippen LogP contribution in [0, 0.1) is 0 Å². The lowest BCUT2D eigenvalue weighted by molar-refractivity contribution is 0.245. The summed E-state index contributed by atoms with van der Waals surface area (Å²) >= 11 is 5.90. The Kier molecular flexibility index (Phi) is 3.32. The van der Waals surface area contributed by atoms with Crippen molar-refractivity contribution in [3.63, 3.8) is 0 Å². The molecule has 1 nitrogen and oxygen atoms in total. The van der Waals surface area contributed by atoms with Gasteiger partial charge in [-0.15, -0.1) is 0 Å². The van der Waals surface area contributed by atoms with E-state index in [0.29, 0.717) is 5.03 Å². The Morgan fingerprint density at radius 2 is 2.00 bits per heavy atom. The van der Waals surface area contributed by atoms with Crippen molar-refractivity contribution in [3.8, 4) is 0 Å². The minimum Gasteiger partial charge on any atom is -0.389 e. The minimum atomic E-state index is -0.502. The van der Waals surface area contributed by atoms with Crippen LogP contribution in [-0.2, 0) is 0 Å². The molecule has 0 spiro atoms. The SMILES string of the molecule is CC(O)/C=C(\Cl)c1ccccc1. The Hall–Kier alpha value is -0.790. The number of hydrogen-bond donors (Lipinski definition) is 1. The molecule has 0 saturated carbocycles. The molecule has 0 fully saturated rings. The number of aliphatic hydroxyl groups is 1. The predicted octanol–water partition coefficient (Wildman–Crippen LogP) is 2.65. The van der Waals surface area contributed by atoms with Crippen LogP contribution < -0.4 is 0 Å². The topological polar surface area (TPSA) is 20.2 Å². The van der Waals surface area contributed by atoms with E-state index in [0.717, 1.165) is 5.56 Å². The van der Waals surface area contributed by atoms with Crippen molar-refractivity contribution in [1.29, 1.82) is 0 Å². The Labute approximate surface area is 77.3 Å². The third kappa shape index (κ3) is 2.68. The number of halogens is 1. The van der Waals surface area contributed by atoms with E-state index in [1.54, 1.807) is 13.0 Å². The van der Waals surface area contributed by atoms with E-state index >= 15 is 0 Å². The summed E-state index contributed by atoms with van der Waals surface area (Å²) in [5.41, 5.74) is 0.931. The maximum Gasteiger partial charge on any atom is 0.0710 e. The fourth-order valence-electron chi connectivity index (χ4n) is 0.905. The van der Waals surface area contributed by atoms with Gasteiger partial charge in [-0.1, -0.05) is 41.9 Å². The van der Waals surface area contributed by atoms with Crippen molar-refractivity contribution < 1.29 is 5.11 Å². The molecule has 1 N–H and O–H groups in total. The van der Waals surface area contributed by atoms with Crippen molar-refractivity contribution in [1.82, 2.24) is 0 Å². The molecule has 12 heavy (non-hydrogen) atoms. The first-order chi connectivity index (χ1) is 5.70. The highest BCUT2D eigenvalue weighted by atomic mass is 35.5. The lowest BCUT2D eigenvalue weighted by Crippen LogP contribution is -1.93.